The fourth-order valence-corrected chi connectivity index (χ4v) is 4.34. The second kappa shape index (κ2) is 10.4. The van der Waals surface area contributed by atoms with Crippen molar-refractivity contribution in [3.05, 3.63) is 64.2 Å². The third-order valence-electron chi connectivity index (χ3n) is 6.06. The van der Waals surface area contributed by atoms with E-state index in [1.165, 1.54) is 18.2 Å². The van der Waals surface area contributed by atoms with Crippen molar-refractivity contribution in [1.82, 2.24) is 10.2 Å². The van der Waals surface area contributed by atoms with Gasteiger partial charge in [0.2, 0.25) is 11.9 Å². The number of ether oxygens (including phenoxy) is 2. The molecule has 0 unspecified atom stereocenters. The Bertz CT molecular complexity index is 1140. The molecule has 1 fully saturated rings. The van der Waals surface area contributed by atoms with Gasteiger partial charge in [-0.1, -0.05) is 24.3 Å². The second-order valence-corrected chi connectivity index (χ2v) is 8.11. The van der Waals surface area contributed by atoms with Crippen LogP contribution in [0.15, 0.2) is 53.5 Å². The number of nitro benzene ring substituents is 1. The first-order chi connectivity index (χ1) is 16.9. The molecular weight excluding hydrogens is 454 g/mol. The van der Waals surface area contributed by atoms with E-state index in [0.717, 1.165) is 11.4 Å². The highest BCUT2D eigenvalue weighted by molar-refractivity contribution is 6.08. The zero-order valence-electron chi connectivity index (χ0n) is 19.5. The summed E-state index contributed by atoms with van der Waals surface area (Å²) in [5.41, 5.74) is 1.25. The highest BCUT2D eigenvalue weighted by Crippen LogP contribution is 2.33. The topological polar surface area (TPSA) is 127 Å². The van der Waals surface area contributed by atoms with Gasteiger partial charge in [-0.05, 0) is 24.6 Å². The zero-order chi connectivity index (χ0) is 24.9. The Morgan fingerprint density at radius 3 is 2.54 bits per heavy atom. The van der Waals surface area contributed by atoms with E-state index >= 15 is 0 Å². The van der Waals surface area contributed by atoms with E-state index < -0.39 is 28.8 Å². The van der Waals surface area contributed by atoms with E-state index in [2.05, 4.69) is 15.2 Å². The number of methoxy groups -OCH3 is 1. The summed E-state index contributed by atoms with van der Waals surface area (Å²) >= 11 is 0. The van der Waals surface area contributed by atoms with Gasteiger partial charge in [-0.3, -0.25) is 25.0 Å². The Labute approximate surface area is 202 Å². The van der Waals surface area contributed by atoms with E-state index in [1.54, 1.807) is 20.1 Å². The van der Waals surface area contributed by atoms with Crippen molar-refractivity contribution in [3.63, 3.8) is 0 Å². The van der Waals surface area contributed by atoms with Crippen LogP contribution in [0.4, 0.5) is 11.4 Å². The van der Waals surface area contributed by atoms with Crippen molar-refractivity contribution in [3.8, 4) is 5.75 Å². The minimum absolute atomic E-state index is 0.103. The summed E-state index contributed by atoms with van der Waals surface area (Å²) in [5.74, 6) is -1.38. The quantitative estimate of drug-likeness (QED) is 0.288. The molecule has 2 atom stereocenters. The van der Waals surface area contributed by atoms with Crippen LogP contribution in [0.3, 0.4) is 0 Å². The molecular formula is C24H27N5O6. The number of hydrogen-bond acceptors (Lipinski definition) is 9. The molecule has 4 rings (SSSR count). The van der Waals surface area contributed by atoms with Crippen LogP contribution in [0.5, 0.6) is 5.75 Å². The van der Waals surface area contributed by atoms with E-state index in [-0.39, 0.29) is 12.3 Å². The molecule has 0 aromatic heterocycles. The lowest BCUT2D eigenvalue weighted by Gasteiger charge is -2.40. The van der Waals surface area contributed by atoms with Crippen molar-refractivity contribution < 1.29 is 24.0 Å². The molecule has 1 amide bonds. The van der Waals surface area contributed by atoms with Gasteiger partial charge < -0.3 is 19.3 Å². The van der Waals surface area contributed by atoms with Crippen molar-refractivity contribution in [2.45, 2.75) is 13.0 Å². The maximum Gasteiger partial charge on any atom is 0.321 e. The van der Waals surface area contributed by atoms with Crippen molar-refractivity contribution >= 4 is 29.2 Å². The second-order valence-electron chi connectivity index (χ2n) is 8.11. The van der Waals surface area contributed by atoms with Gasteiger partial charge in [0.15, 0.2) is 5.92 Å². The monoisotopic (exact) mass is 481 g/mol. The van der Waals surface area contributed by atoms with Gasteiger partial charge in [-0.25, -0.2) is 4.99 Å². The molecule has 2 aromatic rings. The SMILES string of the molecule is CCOC(=O)[C@H]1C(=O)NC(N2CCN(c3ccccc3OC)CC2)=N[C@H]1c1cccc([N+](=O)[O-])c1. The number of aliphatic imine (C=N–C) groups is 1. The molecule has 35 heavy (non-hydrogen) atoms. The first-order valence-corrected chi connectivity index (χ1v) is 11.4. The highest BCUT2D eigenvalue weighted by atomic mass is 16.6. The zero-order valence-corrected chi connectivity index (χ0v) is 19.5. The average Bonchev–Trinajstić information content (AvgIpc) is 2.88. The van der Waals surface area contributed by atoms with Gasteiger partial charge >= 0.3 is 5.97 Å². The van der Waals surface area contributed by atoms with Crippen molar-refractivity contribution in [2.24, 2.45) is 10.9 Å². The summed E-state index contributed by atoms with van der Waals surface area (Å²) < 4.78 is 10.6. The minimum Gasteiger partial charge on any atom is -0.495 e. The first kappa shape index (κ1) is 24.0. The highest BCUT2D eigenvalue weighted by Gasteiger charge is 2.42. The maximum absolute atomic E-state index is 13.1. The molecule has 11 heteroatoms. The Morgan fingerprint density at radius 2 is 1.86 bits per heavy atom. The van der Waals surface area contributed by atoms with Crippen LogP contribution < -0.4 is 15.0 Å². The van der Waals surface area contributed by atoms with Crippen LogP contribution in [0, 0.1) is 16.0 Å². The summed E-state index contributed by atoms with van der Waals surface area (Å²) in [6.45, 7) is 4.23. The Balaban J connectivity index is 1.60. The minimum atomic E-state index is -1.24. The molecule has 2 aromatic carbocycles. The number of para-hydroxylation sites is 2. The number of amides is 1. The van der Waals surface area contributed by atoms with Crippen LogP contribution in [0.25, 0.3) is 0 Å². The molecule has 0 bridgehead atoms. The number of anilines is 1. The van der Waals surface area contributed by atoms with Gasteiger partial charge in [-0.2, -0.15) is 0 Å². The van der Waals surface area contributed by atoms with E-state index in [4.69, 9.17) is 9.47 Å². The summed E-state index contributed by atoms with van der Waals surface area (Å²) in [4.78, 5) is 45.3. The van der Waals surface area contributed by atoms with Crippen molar-refractivity contribution in [2.75, 3.05) is 44.8 Å². The Kier molecular flexibility index (Phi) is 7.14. The number of nitrogens with zero attached hydrogens (tertiary/aromatic N) is 4. The molecule has 2 heterocycles. The van der Waals surface area contributed by atoms with Crippen LogP contribution in [-0.4, -0.2) is 67.6 Å². The van der Waals surface area contributed by atoms with Gasteiger partial charge in [-0.15, -0.1) is 0 Å². The Hall–Kier alpha value is -4.15. The number of piperazine rings is 1. The number of nitro groups is 1. The molecule has 0 radical (unpaired) electrons. The molecule has 0 spiro atoms. The number of non-ortho nitro benzene ring substituents is 1. The van der Waals surface area contributed by atoms with E-state index in [0.29, 0.717) is 37.7 Å². The van der Waals surface area contributed by atoms with Crippen LogP contribution >= 0.6 is 0 Å². The predicted molar refractivity (Wildman–Crippen MR) is 128 cm³/mol. The third-order valence-corrected chi connectivity index (χ3v) is 6.06. The van der Waals surface area contributed by atoms with Gasteiger partial charge in [0, 0.05) is 38.3 Å². The number of hydrogen-bond donors (Lipinski definition) is 1. The largest absolute Gasteiger partial charge is 0.495 e. The van der Waals surface area contributed by atoms with E-state index in [1.807, 2.05) is 29.2 Å². The smallest absolute Gasteiger partial charge is 0.321 e. The summed E-state index contributed by atoms with van der Waals surface area (Å²) in [7, 11) is 1.63. The number of carbonyl (C=O) groups is 2. The lowest BCUT2D eigenvalue weighted by atomic mass is 9.91. The van der Waals surface area contributed by atoms with Crippen LogP contribution in [0.1, 0.15) is 18.5 Å². The van der Waals surface area contributed by atoms with Crippen LogP contribution in [-0.2, 0) is 14.3 Å². The maximum atomic E-state index is 13.1. The van der Waals surface area contributed by atoms with Crippen molar-refractivity contribution in [1.29, 1.82) is 0 Å². The molecule has 184 valence electrons. The standard InChI is InChI=1S/C24H27N5O6/c1-3-35-23(31)20-21(16-7-6-8-17(15-16)29(32)33)25-24(26-22(20)30)28-13-11-27(12-14-28)18-9-4-5-10-19(18)34-2/h4-10,15,20-21H,3,11-14H2,1-2H3,(H,25,26,30)/t20-,21+/m1/s1. The normalized spacial score (nSPS) is 20.1. The number of carbonyl (C=O) groups excluding carboxylic acids is 2. The van der Waals surface area contributed by atoms with E-state index in [9.17, 15) is 19.7 Å². The average molecular weight is 482 g/mol. The fourth-order valence-electron chi connectivity index (χ4n) is 4.34. The first-order valence-electron chi connectivity index (χ1n) is 11.4. The molecule has 1 N–H and O–H groups in total. The summed E-state index contributed by atoms with van der Waals surface area (Å²) in [6, 6.07) is 12.7. The number of guanidine groups is 1. The molecule has 0 saturated carbocycles. The van der Waals surface area contributed by atoms with Crippen LogP contribution in [0.2, 0.25) is 0 Å². The Morgan fingerprint density at radius 1 is 1.14 bits per heavy atom. The molecule has 2 aliphatic rings. The lowest BCUT2D eigenvalue weighted by Crippen LogP contribution is -2.57. The number of esters is 1. The number of benzene rings is 2. The molecule has 0 aliphatic carbocycles. The summed E-state index contributed by atoms with van der Waals surface area (Å²) in [6.07, 6.45) is 0. The number of rotatable bonds is 6. The molecule has 2 aliphatic heterocycles. The molecule has 11 nitrogen and oxygen atoms in total. The lowest BCUT2D eigenvalue weighted by molar-refractivity contribution is -0.384. The van der Waals surface area contributed by atoms with Gasteiger partial charge in [0.25, 0.3) is 5.69 Å². The predicted octanol–water partition coefficient (Wildman–Crippen LogP) is 2.13. The van der Waals surface area contributed by atoms with Gasteiger partial charge in [0.1, 0.15) is 11.8 Å². The fraction of sp³-hybridized carbons (Fsp3) is 0.375. The third kappa shape index (κ3) is 5.03. The number of nitrogens with one attached hydrogen (secondary N) is 1. The summed E-state index contributed by atoms with van der Waals surface area (Å²) in [5, 5.41) is 14.0. The molecule has 1 saturated heterocycles. The van der Waals surface area contributed by atoms with Gasteiger partial charge in [0.05, 0.1) is 24.3 Å².